The standard InChI is InChI=1S/C16H27NOS/c1-5-17-16(11-19-13(4)10-18)15-8-6-14(7-9-15)12(2)3/h6-9,12-13,16-18H,5,10-11H2,1-4H3. The zero-order chi connectivity index (χ0) is 14.3. The summed E-state index contributed by atoms with van der Waals surface area (Å²) >= 11 is 1.82. The van der Waals surface area contributed by atoms with Crippen molar-refractivity contribution in [3.63, 3.8) is 0 Å². The van der Waals surface area contributed by atoms with Crippen LogP contribution in [0, 0.1) is 0 Å². The number of hydrogen-bond acceptors (Lipinski definition) is 3. The highest BCUT2D eigenvalue weighted by atomic mass is 32.2. The molecule has 19 heavy (non-hydrogen) atoms. The van der Waals surface area contributed by atoms with Crippen molar-refractivity contribution in [3.8, 4) is 0 Å². The monoisotopic (exact) mass is 281 g/mol. The molecule has 0 bridgehead atoms. The zero-order valence-electron chi connectivity index (χ0n) is 12.5. The van der Waals surface area contributed by atoms with Crippen molar-refractivity contribution >= 4 is 11.8 Å². The number of nitrogens with one attached hydrogen (secondary N) is 1. The first kappa shape index (κ1) is 16.5. The first-order valence-electron chi connectivity index (χ1n) is 7.14. The van der Waals surface area contributed by atoms with Gasteiger partial charge in [0, 0.05) is 17.0 Å². The van der Waals surface area contributed by atoms with E-state index in [-0.39, 0.29) is 6.61 Å². The fourth-order valence-electron chi connectivity index (χ4n) is 1.95. The van der Waals surface area contributed by atoms with Crippen LogP contribution in [0.15, 0.2) is 24.3 Å². The lowest BCUT2D eigenvalue weighted by Gasteiger charge is -2.20. The molecule has 1 aromatic carbocycles. The van der Waals surface area contributed by atoms with Gasteiger partial charge >= 0.3 is 0 Å². The van der Waals surface area contributed by atoms with Gasteiger partial charge in [-0.1, -0.05) is 52.0 Å². The first-order valence-corrected chi connectivity index (χ1v) is 8.19. The molecule has 3 heteroatoms. The molecular weight excluding hydrogens is 254 g/mol. The third-order valence-electron chi connectivity index (χ3n) is 3.26. The maximum Gasteiger partial charge on any atom is 0.0547 e. The van der Waals surface area contributed by atoms with Crippen LogP contribution in [0.3, 0.4) is 0 Å². The average molecular weight is 281 g/mol. The van der Waals surface area contributed by atoms with Crippen molar-refractivity contribution in [2.45, 2.75) is 44.9 Å². The molecule has 0 heterocycles. The quantitative estimate of drug-likeness (QED) is 0.764. The van der Waals surface area contributed by atoms with Crippen molar-refractivity contribution < 1.29 is 5.11 Å². The highest BCUT2D eigenvalue weighted by molar-refractivity contribution is 7.99. The predicted molar refractivity (Wildman–Crippen MR) is 86.0 cm³/mol. The number of aliphatic hydroxyl groups is 1. The number of hydrogen-bond donors (Lipinski definition) is 2. The van der Waals surface area contributed by atoms with Crippen LogP contribution in [0.25, 0.3) is 0 Å². The minimum absolute atomic E-state index is 0.246. The van der Waals surface area contributed by atoms with Crippen molar-refractivity contribution in [3.05, 3.63) is 35.4 Å². The van der Waals surface area contributed by atoms with E-state index in [9.17, 15) is 0 Å². The van der Waals surface area contributed by atoms with Crippen LogP contribution in [0.1, 0.15) is 50.8 Å². The molecule has 0 aliphatic carbocycles. The second-order valence-corrected chi connectivity index (χ2v) is 6.73. The van der Waals surface area contributed by atoms with Gasteiger partial charge in [-0.15, -0.1) is 0 Å². The first-order chi connectivity index (χ1) is 9.08. The SMILES string of the molecule is CCNC(CSC(C)CO)c1ccc(C(C)C)cc1. The van der Waals surface area contributed by atoms with E-state index < -0.39 is 0 Å². The van der Waals surface area contributed by atoms with Gasteiger partial charge in [0.2, 0.25) is 0 Å². The summed E-state index contributed by atoms with van der Waals surface area (Å²) in [5.41, 5.74) is 2.72. The van der Waals surface area contributed by atoms with Crippen LogP contribution in [-0.2, 0) is 0 Å². The second kappa shape index (κ2) is 8.62. The maximum atomic E-state index is 9.10. The van der Waals surface area contributed by atoms with Crippen LogP contribution in [0.4, 0.5) is 0 Å². The summed E-state index contributed by atoms with van der Waals surface area (Å²) < 4.78 is 0. The van der Waals surface area contributed by atoms with E-state index >= 15 is 0 Å². The lowest BCUT2D eigenvalue weighted by molar-refractivity contribution is 0.300. The fourth-order valence-corrected chi connectivity index (χ4v) is 2.88. The third-order valence-corrected chi connectivity index (χ3v) is 4.50. The summed E-state index contributed by atoms with van der Waals surface area (Å²) in [6.07, 6.45) is 0. The molecule has 0 aliphatic heterocycles. The lowest BCUT2D eigenvalue weighted by Crippen LogP contribution is -2.24. The molecule has 0 aliphatic rings. The lowest BCUT2D eigenvalue weighted by atomic mass is 9.99. The van der Waals surface area contributed by atoms with E-state index in [2.05, 4.69) is 57.3 Å². The van der Waals surface area contributed by atoms with Gasteiger partial charge in [-0.25, -0.2) is 0 Å². The van der Waals surface area contributed by atoms with E-state index in [4.69, 9.17) is 5.11 Å². The second-order valence-electron chi connectivity index (χ2n) is 5.26. The van der Waals surface area contributed by atoms with Gasteiger partial charge in [0.1, 0.15) is 0 Å². The Bertz CT molecular complexity index is 350. The van der Waals surface area contributed by atoms with Crippen molar-refractivity contribution in [1.29, 1.82) is 0 Å². The molecule has 0 spiro atoms. The Balaban J connectivity index is 2.69. The Kier molecular flexibility index (Phi) is 7.51. The molecule has 2 N–H and O–H groups in total. The Morgan fingerprint density at radius 1 is 1.11 bits per heavy atom. The Hall–Kier alpha value is -0.510. The molecule has 0 saturated carbocycles. The highest BCUT2D eigenvalue weighted by Gasteiger charge is 2.12. The Morgan fingerprint density at radius 2 is 1.68 bits per heavy atom. The summed E-state index contributed by atoms with van der Waals surface area (Å²) in [6.45, 7) is 9.84. The van der Waals surface area contributed by atoms with Gasteiger partial charge in [0.05, 0.1) is 6.61 Å². The van der Waals surface area contributed by atoms with Crippen molar-refractivity contribution in [2.24, 2.45) is 0 Å². The summed E-state index contributed by atoms with van der Waals surface area (Å²) in [6, 6.07) is 9.28. The predicted octanol–water partition coefficient (Wildman–Crippen LogP) is 3.57. The van der Waals surface area contributed by atoms with Crippen LogP contribution in [0.2, 0.25) is 0 Å². The topological polar surface area (TPSA) is 32.3 Å². The van der Waals surface area contributed by atoms with Gasteiger partial charge in [-0.3, -0.25) is 0 Å². The highest BCUT2D eigenvalue weighted by Crippen LogP contribution is 2.23. The molecule has 1 rings (SSSR count). The van der Waals surface area contributed by atoms with Crippen molar-refractivity contribution in [2.75, 3.05) is 18.9 Å². The van der Waals surface area contributed by atoms with Crippen molar-refractivity contribution in [1.82, 2.24) is 5.32 Å². The average Bonchev–Trinajstić information content (AvgIpc) is 2.43. The van der Waals surface area contributed by atoms with Gasteiger partial charge in [-0.05, 0) is 23.6 Å². The number of aliphatic hydroxyl groups excluding tert-OH is 1. The summed E-state index contributed by atoms with van der Waals surface area (Å²) in [5.74, 6) is 1.58. The number of benzene rings is 1. The molecule has 0 fully saturated rings. The number of thioether (sulfide) groups is 1. The summed E-state index contributed by atoms with van der Waals surface area (Å²) in [5, 5.41) is 12.9. The van der Waals surface area contributed by atoms with E-state index in [0.717, 1.165) is 12.3 Å². The van der Waals surface area contributed by atoms with E-state index in [1.165, 1.54) is 11.1 Å². The smallest absolute Gasteiger partial charge is 0.0547 e. The maximum absolute atomic E-state index is 9.10. The molecular formula is C16H27NOS. The van der Waals surface area contributed by atoms with Gasteiger partial charge in [-0.2, -0.15) is 11.8 Å². The van der Waals surface area contributed by atoms with Gasteiger partial charge < -0.3 is 10.4 Å². The minimum atomic E-state index is 0.246. The molecule has 1 aromatic rings. The molecule has 0 aromatic heterocycles. The molecule has 2 atom stereocenters. The van der Waals surface area contributed by atoms with Gasteiger partial charge in [0.25, 0.3) is 0 Å². The van der Waals surface area contributed by atoms with E-state index in [1.54, 1.807) is 0 Å². The van der Waals surface area contributed by atoms with E-state index in [1.807, 2.05) is 11.8 Å². The molecule has 0 saturated heterocycles. The third kappa shape index (κ3) is 5.55. The molecule has 0 amide bonds. The molecule has 2 nitrogen and oxygen atoms in total. The Labute approximate surface area is 122 Å². The zero-order valence-corrected chi connectivity index (χ0v) is 13.3. The number of rotatable bonds is 8. The normalized spacial score (nSPS) is 14.6. The largest absolute Gasteiger partial charge is 0.395 e. The van der Waals surface area contributed by atoms with Crippen LogP contribution < -0.4 is 5.32 Å². The van der Waals surface area contributed by atoms with Crippen LogP contribution >= 0.6 is 11.8 Å². The molecule has 108 valence electrons. The van der Waals surface area contributed by atoms with Gasteiger partial charge in [0.15, 0.2) is 0 Å². The Morgan fingerprint density at radius 3 is 2.16 bits per heavy atom. The molecule has 2 unspecified atom stereocenters. The molecule has 0 radical (unpaired) electrons. The van der Waals surface area contributed by atoms with E-state index in [0.29, 0.717) is 17.2 Å². The van der Waals surface area contributed by atoms with Crippen LogP contribution in [0.5, 0.6) is 0 Å². The summed E-state index contributed by atoms with van der Waals surface area (Å²) in [7, 11) is 0. The summed E-state index contributed by atoms with van der Waals surface area (Å²) in [4.78, 5) is 0. The van der Waals surface area contributed by atoms with Crippen LogP contribution in [-0.4, -0.2) is 29.3 Å². The minimum Gasteiger partial charge on any atom is -0.395 e. The fraction of sp³-hybridized carbons (Fsp3) is 0.625.